The van der Waals surface area contributed by atoms with Crippen molar-refractivity contribution >= 4 is 0 Å². The van der Waals surface area contributed by atoms with Crippen LogP contribution in [0, 0.1) is 5.92 Å². The lowest BCUT2D eigenvalue weighted by Gasteiger charge is -2.06. The summed E-state index contributed by atoms with van der Waals surface area (Å²) in [6, 6.07) is 0. The second-order valence-electron chi connectivity index (χ2n) is 4.34. The first-order valence-corrected chi connectivity index (χ1v) is 6.98. The van der Waals surface area contributed by atoms with Crippen molar-refractivity contribution in [1.82, 2.24) is 0 Å². The van der Waals surface area contributed by atoms with E-state index in [0.29, 0.717) is 0 Å². The van der Waals surface area contributed by atoms with Gasteiger partial charge in [0.15, 0.2) is 0 Å². The van der Waals surface area contributed by atoms with Gasteiger partial charge in [-0.2, -0.15) is 0 Å². The van der Waals surface area contributed by atoms with Crippen LogP contribution in [-0.4, -0.2) is 0 Å². The van der Waals surface area contributed by atoms with Crippen molar-refractivity contribution in [2.75, 3.05) is 0 Å². The maximum atomic E-state index is 3.70. The molecule has 0 amide bonds. The van der Waals surface area contributed by atoms with E-state index in [1.807, 2.05) is 12.2 Å². The Morgan fingerprint density at radius 2 is 1.50 bits per heavy atom. The van der Waals surface area contributed by atoms with E-state index in [0.717, 1.165) is 5.92 Å². The van der Waals surface area contributed by atoms with Crippen LogP contribution in [0.1, 0.15) is 72.1 Å². The highest BCUT2D eigenvalue weighted by Crippen LogP contribution is 2.11. The molecule has 0 saturated carbocycles. The molecular weight excluding hydrogens is 192 g/mol. The van der Waals surface area contributed by atoms with Crippen LogP contribution in [0.2, 0.25) is 0 Å². The summed E-state index contributed by atoms with van der Waals surface area (Å²) in [5.41, 5.74) is 0. The Labute approximate surface area is 104 Å². The van der Waals surface area contributed by atoms with Crippen molar-refractivity contribution in [3.05, 3.63) is 25.3 Å². The summed E-state index contributed by atoms with van der Waals surface area (Å²) in [7, 11) is 0. The molecule has 96 valence electrons. The summed E-state index contributed by atoms with van der Waals surface area (Å²) in [6.45, 7) is 14.1. The zero-order valence-corrected chi connectivity index (χ0v) is 11.8. The summed E-state index contributed by atoms with van der Waals surface area (Å²) >= 11 is 0. The molecule has 16 heavy (non-hydrogen) atoms. The monoisotopic (exact) mass is 224 g/mol. The first kappa shape index (κ1) is 17.9. The van der Waals surface area contributed by atoms with Gasteiger partial charge < -0.3 is 0 Å². The van der Waals surface area contributed by atoms with Crippen molar-refractivity contribution in [2.24, 2.45) is 5.92 Å². The fraction of sp³-hybridized carbons (Fsp3) is 0.750. The summed E-state index contributed by atoms with van der Waals surface area (Å²) < 4.78 is 0. The van der Waals surface area contributed by atoms with Gasteiger partial charge in [0.2, 0.25) is 0 Å². The molecule has 0 bridgehead atoms. The van der Waals surface area contributed by atoms with Crippen LogP contribution in [0.25, 0.3) is 0 Å². The van der Waals surface area contributed by atoms with Crippen LogP contribution in [0.5, 0.6) is 0 Å². The average Bonchev–Trinajstić information content (AvgIpc) is 2.32. The van der Waals surface area contributed by atoms with Gasteiger partial charge >= 0.3 is 0 Å². The van der Waals surface area contributed by atoms with E-state index in [9.17, 15) is 0 Å². The lowest BCUT2D eigenvalue weighted by Crippen LogP contribution is -1.92. The maximum Gasteiger partial charge on any atom is -0.0325 e. The highest BCUT2D eigenvalue weighted by Gasteiger charge is 1.97. The van der Waals surface area contributed by atoms with Gasteiger partial charge in [-0.25, -0.2) is 0 Å². The third kappa shape index (κ3) is 15.9. The van der Waals surface area contributed by atoms with Crippen LogP contribution >= 0.6 is 0 Å². The zero-order chi connectivity index (χ0) is 12.6. The van der Waals surface area contributed by atoms with E-state index in [-0.39, 0.29) is 0 Å². The fourth-order valence-electron chi connectivity index (χ4n) is 1.57. The first-order chi connectivity index (χ1) is 7.76. The molecule has 0 rings (SSSR count). The van der Waals surface area contributed by atoms with Gasteiger partial charge in [-0.3, -0.25) is 0 Å². The molecular formula is C16H32. The Morgan fingerprint density at radius 3 is 1.81 bits per heavy atom. The molecule has 0 aliphatic carbocycles. The molecule has 0 heterocycles. The number of allylic oxidation sites excluding steroid dienone is 2. The molecule has 0 aliphatic heterocycles. The minimum atomic E-state index is 0.882. The highest BCUT2D eigenvalue weighted by molar-refractivity contribution is 4.70. The van der Waals surface area contributed by atoms with Gasteiger partial charge in [-0.15, -0.1) is 13.2 Å². The molecule has 0 fully saturated rings. The Balaban J connectivity index is 0. The molecule has 0 aromatic carbocycles. The minimum absolute atomic E-state index is 0.882. The first-order valence-electron chi connectivity index (χ1n) is 6.98. The normalized spacial score (nSPS) is 9.50. The SMILES string of the molecule is C=CCC(CC)CC.C=CCCCCCC. The number of hydrogen-bond acceptors (Lipinski definition) is 0. The lowest BCUT2D eigenvalue weighted by atomic mass is 10.00. The summed E-state index contributed by atoms with van der Waals surface area (Å²) in [5.74, 6) is 0.882. The zero-order valence-electron chi connectivity index (χ0n) is 11.8. The molecule has 0 nitrogen and oxygen atoms in total. The Kier molecular flexibility index (Phi) is 18.9. The number of unbranched alkanes of at least 4 members (excludes halogenated alkanes) is 4. The fourth-order valence-corrected chi connectivity index (χ4v) is 1.57. The molecule has 0 saturated heterocycles. The van der Waals surface area contributed by atoms with E-state index in [1.54, 1.807) is 0 Å². The molecule has 0 aliphatic rings. The molecule has 0 unspecified atom stereocenters. The third-order valence-electron chi connectivity index (χ3n) is 2.92. The summed E-state index contributed by atoms with van der Waals surface area (Å²) in [6.07, 6.45) is 14.4. The summed E-state index contributed by atoms with van der Waals surface area (Å²) in [5, 5.41) is 0. The largest absolute Gasteiger partial charge is 0.103 e. The van der Waals surface area contributed by atoms with Gasteiger partial charge in [0.05, 0.1) is 0 Å². The standard InChI is InChI=1S/2C8H16/c1-4-7-8(5-2)6-3;1-3-5-7-8-6-4-2/h4,8H,1,5-7H2,2-3H3;3H,1,4-8H2,2H3. The number of hydrogen-bond donors (Lipinski definition) is 0. The van der Waals surface area contributed by atoms with Crippen LogP contribution in [0.4, 0.5) is 0 Å². The molecule has 0 N–H and O–H groups in total. The topological polar surface area (TPSA) is 0 Å². The van der Waals surface area contributed by atoms with Crippen molar-refractivity contribution in [2.45, 2.75) is 72.1 Å². The van der Waals surface area contributed by atoms with E-state index >= 15 is 0 Å². The van der Waals surface area contributed by atoms with Gasteiger partial charge in [-0.05, 0) is 25.2 Å². The second-order valence-corrected chi connectivity index (χ2v) is 4.34. The third-order valence-corrected chi connectivity index (χ3v) is 2.92. The van der Waals surface area contributed by atoms with Gasteiger partial charge in [0.25, 0.3) is 0 Å². The van der Waals surface area contributed by atoms with Crippen LogP contribution in [0.15, 0.2) is 25.3 Å². The molecule has 0 aromatic heterocycles. The van der Waals surface area contributed by atoms with E-state index in [2.05, 4.69) is 33.9 Å². The van der Waals surface area contributed by atoms with Gasteiger partial charge in [0.1, 0.15) is 0 Å². The molecule has 0 spiro atoms. The number of rotatable bonds is 9. The van der Waals surface area contributed by atoms with Crippen molar-refractivity contribution < 1.29 is 0 Å². The van der Waals surface area contributed by atoms with Gasteiger partial charge in [0, 0.05) is 0 Å². The minimum Gasteiger partial charge on any atom is -0.103 e. The predicted molar refractivity (Wildman–Crippen MR) is 77.8 cm³/mol. The van der Waals surface area contributed by atoms with E-state index in [1.165, 1.54) is 51.4 Å². The Hall–Kier alpha value is -0.520. The van der Waals surface area contributed by atoms with Crippen molar-refractivity contribution in [3.63, 3.8) is 0 Å². The van der Waals surface area contributed by atoms with Crippen molar-refractivity contribution in [1.29, 1.82) is 0 Å². The maximum absolute atomic E-state index is 3.70. The second kappa shape index (κ2) is 16.9. The average molecular weight is 224 g/mol. The predicted octanol–water partition coefficient (Wildman–Crippen LogP) is 6.14. The molecule has 0 aromatic rings. The van der Waals surface area contributed by atoms with Crippen molar-refractivity contribution in [3.8, 4) is 0 Å². The van der Waals surface area contributed by atoms with E-state index in [4.69, 9.17) is 0 Å². The van der Waals surface area contributed by atoms with Crippen LogP contribution in [0.3, 0.4) is 0 Å². The molecule has 0 atom stereocenters. The van der Waals surface area contributed by atoms with Crippen LogP contribution < -0.4 is 0 Å². The van der Waals surface area contributed by atoms with E-state index < -0.39 is 0 Å². The van der Waals surface area contributed by atoms with Gasteiger partial charge in [-0.1, -0.05) is 65.0 Å². The Bertz CT molecular complexity index is 131. The quantitative estimate of drug-likeness (QED) is 0.326. The smallest absolute Gasteiger partial charge is 0.0325 e. The Morgan fingerprint density at radius 1 is 0.875 bits per heavy atom. The highest BCUT2D eigenvalue weighted by atomic mass is 14.0. The molecule has 0 radical (unpaired) electrons. The molecule has 0 heteroatoms. The lowest BCUT2D eigenvalue weighted by molar-refractivity contribution is 0.500. The summed E-state index contributed by atoms with van der Waals surface area (Å²) in [4.78, 5) is 0. The van der Waals surface area contributed by atoms with Crippen LogP contribution in [-0.2, 0) is 0 Å².